The maximum absolute atomic E-state index is 10.6. The minimum absolute atomic E-state index is 0.145. The molecule has 0 N–H and O–H groups in total. The summed E-state index contributed by atoms with van der Waals surface area (Å²) >= 11 is 0. The molecule has 1 aromatic rings. The molecule has 0 amide bonds. The summed E-state index contributed by atoms with van der Waals surface area (Å²) < 4.78 is 1.80. The SMILES string of the molecule is C=CCc1c([N+](=O)[O-])ccn1CC=C. The van der Waals surface area contributed by atoms with Crippen molar-refractivity contribution in [2.24, 2.45) is 0 Å². The molecule has 0 bridgehead atoms. The maximum Gasteiger partial charge on any atom is 0.290 e. The van der Waals surface area contributed by atoms with E-state index in [9.17, 15) is 10.1 Å². The fourth-order valence-corrected chi connectivity index (χ4v) is 1.33. The lowest BCUT2D eigenvalue weighted by molar-refractivity contribution is -0.385. The van der Waals surface area contributed by atoms with Crippen LogP contribution in [0, 0.1) is 10.1 Å². The van der Waals surface area contributed by atoms with Gasteiger partial charge in [-0.25, -0.2) is 0 Å². The molecule has 0 unspecified atom stereocenters. The van der Waals surface area contributed by atoms with Gasteiger partial charge < -0.3 is 4.57 Å². The van der Waals surface area contributed by atoms with Crippen LogP contribution in [0.15, 0.2) is 37.6 Å². The molecular formula is C10H12N2O2. The quantitative estimate of drug-likeness (QED) is 0.408. The number of hydrogen-bond acceptors (Lipinski definition) is 2. The number of allylic oxidation sites excluding steroid dienone is 2. The predicted octanol–water partition coefficient (Wildman–Crippen LogP) is 2.31. The minimum Gasteiger partial charge on any atom is -0.341 e. The van der Waals surface area contributed by atoms with E-state index < -0.39 is 0 Å². The molecule has 1 rings (SSSR count). The van der Waals surface area contributed by atoms with Gasteiger partial charge in [-0.2, -0.15) is 0 Å². The smallest absolute Gasteiger partial charge is 0.290 e. The van der Waals surface area contributed by atoms with Crippen LogP contribution in [0.1, 0.15) is 5.69 Å². The van der Waals surface area contributed by atoms with Gasteiger partial charge in [-0.05, 0) is 0 Å². The third-order valence-electron chi connectivity index (χ3n) is 1.91. The lowest BCUT2D eigenvalue weighted by Crippen LogP contribution is -2.01. The van der Waals surface area contributed by atoms with Crippen LogP contribution in [-0.4, -0.2) is 9.49 Å². The molecule has 0 spiro atoms. The Morgan fingerprint density at radius 3 is 2.71 bits per heavy atom. The van der Waals surface area contributed by atoms with Crippen molar-refractivity contribution >= 4 is 5.69 Å². The van der Waals surface area contributed by atoms with E-state index in [2.05, 4.69) is 13.2 Å². The van der Waals surface area contributed by atoms with Gasteiger partial charge in [0.1, 0.15) is 5.69 Å². The van der Waals surface area contributed by atoms with Crippen LogP contribution in [0.4, 0.5) is 5.69 Å². The number of nitro groups is 1. The van der Waals surface area contributed by atoms with Crippen molar-refractivity contribution in [3.8, 4) is 0 Å². The van der Waals surface area contributed by atoms with E-state index in [1.54, 1.807) is 22.9 Å². The second-order valence-electron chi connectivity index (χ2n) is 2.84. The molecule has 0 aromatic carbocycles. The Kier molecular flexibility index (Phi) is 3.23. The number of hydrogen-bond donors (Lipinski definition) is 0. The van der Waals surface area contributed by atoms with Gasteiger partial charge in [-0.1, -0.05) is 12.2 Å². The highest BCUT2D eigenvalue weighted by molar-refractivity contribution is 5.38. The largest absolute Gasteiger partial charge is 0.341 e. The predicted molar refractivity (Wildman–Crippen MR) is 55.2 cm³/mol. The standard InChI is InChI=1S/C10H12N2O2/c1-3-5-9-10(12(13)14)6-8-11(9)7-4-2/h3-4,6,8H,1-2,5,7H2. The maximum atomic E-state index is 10.6. The average Bonchev–Trinajstić information content (AvgIpc) is 2.50. The fraction of sp³-hybridized carbons (Fsp3) is 0.200. The number of aromatic nitrogens is 1. The van der Waals surface area contributed by atoms with Crippen LogP contribution >= 0.6 is 0 Å². The number of nitrogens with zero attached hydrogens (tertiary/aromatic N) is 2. The first-order chi connectivity index (χ1) is 6.70. The molecule has 0 aliphatic carbocycles. The first-order valence-corrected chi connectivity index (χ1v) is 4.25. The van der Waals surface area contributed by atoms with Crippen molar-refractivity contribution in [1.82, 2.24) is 4.57 Å². The van der Waals surface area contributed by atoms with Crippen LogP contribution in [-0.2, 0) is 13.0 Å². The molecule has 0 fully saturated rings. The van der Waals surface area contributed by atoms with E-state index in [1.807, 2.05) is 0 Å². The summed E-state index contributed by atoms with van der Waals surface area (Å²) in [5, 5.41) is 10.6. The monoisotopic (exact) mass is 192 g/mol. The summed E-state index contributed by atoms with van der Waals surface area (Å²) in [5.41, 5.74) is 0.816. The van der Waals surface area contributed by atoms with E-state index >= 15 is 0 Å². The van der Waals surface area contributed by atoms with Crippen molar-refractivity contribution in [3.05, 3.63) is 53.4 Å². The van der Waals surface area contributed by atoms with Crippen molar-refractivity contribution in [2.75, 3.05) is 0 Å². The van der Waals surface area contributed by atoms with Gasteiger partial charge in [0.15, 0.2) is 0 Å². The Labute approximate surface area is 82.3 Å². The molecule has 0 aliphatic rings. The molecule has 0 saturated heterocycles. The highest BCUT2D eigenvalue weighted by Crippen LogP contribution is 2.20. The molecule has 4 nitrogen and oxygen atoms in total. The summed E-state index contributed by atoms with van der Waals surface area (Å²) in [5.74, 6) is 0. The third-order valence-corrected chi connectivity index (χ3v) is 1.91. The summed E-state index contributed by atoms with van der Waals surface area (Å²) in [6.45, 7) is 7.75. The Balaban J connectivity index is 3.11. The van der Waals surface area contributed by atoms with Crippen LogP contribution in [0.25, 0.3) is 0 Å². The second-order valence-corrected chi connectivity index (χ2v) is 2.84. The summed E-state index contributed by atoms with van der Waals surface area (Å²) in [4.78, 5) is 10.3. The van der Waals surface area contributed by atoms with E-state index in [0.717, 1.165) is 0 Å². The lowest BCUT2D eigenvalue weighted by atomic mass is 10.2. The van der Waals surface area contributed by atoms with Gasteiger partial charge in [-0.15, -0.1) is 13.2 Å². The van der Waals surface area contributed by atoms with Gasteiger partial charge in [0.25, 0.3) is 5.69 Å². The molecule has 1 heterocycles. The molecule has 74 valence electrons. The normalized spacial score (nSPS) is 9.71. The highest BCUT2D eigenvalue weighted by atomic mass is 16.6. The first kappa shape index (κ1) is 10.2. The molecule has 0 atom stereocenters. The lowest BCUT2D eigenvalue weighted by Gasteiger charge is -2.02. The molecule has 1 aromatic heterocycles. The molecule has 0 radical (unpaired) electrons. The van der Waals surface area contributed by atoms with Crippen LogP contribution in [0.5, 0.6) is 0 Å². The van der Waals surface area contributed by atoms with Crippen LogP contribution in [0.2, 0.25) is 0 Å². The Hall–Kier alpha value is -1.84. The van der Waals surface area contributed by atoms with E-state index in [-0.39, 0.29) is 10.6 Å². The molecular weight excluding hydrogens is 180 g/mol. The van der Waals surface area contributed by atoms with Gasteiger partial charge in [0.2, 0.25) is 0 Å². The Morgan fingerprint density at radius 1 is 1.50 bits per heavy atom. The van der Waals surface area contributed by atoms with Crippen molar-refractivity contribution in [3.63, 3.8) is 0 Å². The molecule has 14 heavy (non-hydrogen) atoms. The molecule has 0 saturated carbocycles. The topological polar surface area (TPSA) is 48.1 Å². The first-order valence-electron chi connectivity index (χ1n) is 4.25. The van der Waals surface area contributed by atoms with Crippen molar-refractivity contribution < 1.29 is 4.92 Å². The molecule has 0 aliphatic heterocycles. The minimum atomic E-state index is -0.377. The summed E-state index contributed by atoms with van der Waals surface area (Å²) in [7, 11) is 0. The van der Waals surface area contributed by atoms with Crippen molar-refractivity contribution in [1.29, 1.82) is 0 Å². The zero-order chi connectivity index (χ0) is 10.6. The summed E-state index contributed by atoms with van der Waals surface area (Å²) in [6.07, 6.45) is 5.55. The van der Waals surface area contributed by atoms with Gasteiger partial charge >= 0.3 is 0 Å². The highest BCUT2D eigenvalue weighted by Gasteiger charge is 2.16. The molecule has 4 heteroatoms. The zero-order valence-corrected chi connectivity index (χ0v) is 7.85. The van der Waals surface area contributed by atoms with E-state index in [0.29, 0.717) is 18.7 Å². The van der Waals surface area contributed by atoms with Crippen molar-refractivity contribution in [2.45, 2.75) is 13.0 Å². The van der Waals surface area contributed by atoms with E-state index in [4.69, 9.17) is 0 Å². The number of rotatable bonds is 5. The Bertz CT molecular complexity index is 366. The van der Waals surface area contributed by atoms with Crippen LogP contribution in [0.3, 0.4) is 0 Å². The van der Waals surface area contributed by atoms with Crippen LogP contribution < -0.4 is 0 Å². The Morgan fingerprint density at radius 2 is 2.21 bits per heavy atom. The van der Waals surface area contributed by atoms with Gasteiger partial charge in [0.05, 0.1) is 4.92 Å². The average molecular weight is 192 g/mol. The van der Waals surface area contributed by atoms with E-state index in [1.165, 1.54) is 6.07 Å². The van der Waals surface area contributed by atoms with Gasteiger partial charge in [-0.3, -0.25) is 10.1 Å². The fourth-order valence-electron chi connectivity index (χ4n) is 1.33. The summed E-state index contributed by atoms with van der Waals surface area (Å²) in [6, 6.07) is 1.50. The van der Waals surface area contributed by atoms with Gasteiger partial charge in [0, 0.05) is 25.2 Å². The zero-order valence-electron chi connectivity index (χ0n) is 7.85. The third kappa shape index (κ3) is 1.90. The second kappa shape index (κ2) is 4.41.